The summed E-state index contributed by atoms with van der Waals surface area (Å²) in [6.45, 7) is 1.46. The molecule has 0 unspecified atom stereocenters. The fraction of sp³-hybridized carbons (Fsp3) is 0.263. The van der Waals surface area contributed by atoms with E-state index in [9.17, 15) is 9.59 Å². The summed E-state index contributed by atoms with van der Waals surface area (Å²) in [6, 6.07) is 16.8. The van der Waals surface area contributed by atoms with Gasteiger partial charge in [0.15, 0.2) is 0 Å². The Morgan fingerprint density at radius 1 is 1.00 bits per heavy atom. The van der Waals surface area contributed by atoms with Crippen molar-refractivity contribution in [2.45, 2.75) is 13.0 Å². The molecule has 0 aliphatic carbocycles. The largest absolute Gasteiger partial charge is 0.478 e. The quantitative estimate of drug-likeness (QED) is 0.755. The molecule has 5 heteroatoms. The van der Waals surface area contributed by atoms with E-state index in [2.05, 4.69) is 12.1 Å². The Morgan fingerprint density at radius 2 is 1.67 bits per heavy atom. The first kappa shape index (κ1) is 17.7. The van der Waals surface area contributed by atoms with Crippen LogP contribution in [-0.4, -0.2) is 42.1 Å². The molecule has 0 aliphatic heterocycles. The number of carboxylic acid groups (broad SMARTS) is 1. The number of hydrogen-bond acceptors (Lipinski definition) is 4. The van der Waals surface area contributed by atoms with E-state index in [0.717, 1.165) is 12.0 Å². The van der Waals surface area contributed by atoms with Crippen molar-refractivity contribution in [3.8, 4) is 0 Å². The Bertz CT molecular complexity index is 668. The van der Waals surface area contributed by atoms with Crippen LogP contribution in [0.5, 0.6) is 0 Å². The lowest BCUT2D eigenvalue weighted by Crippen LogP contribution is -2.32. The van der Waals surface area contributed by atoms with Crippen LogP contribution in [-0.2, 0) is 22.5 Å². The number of carboxylic acids is 1. The number of methoxy groups -OCH3 is 1. The van der Waals surface area contributed by atoms with Gasteiger partial charge in [-0.2, -0.15) is 0 Å². The SMILES string of the molecule is COC(=O)CN(CCc1ccccc1)Cc1ccc(C(=O)O)cc1. The van der Waals surface area contributed by atoms with Crippen molar-refractivity contribution in [3.05, 3.63) is 71.3 Å². The first-order chi connectivity index (χ1) is 11.6. The van der Waals surface area contributed by atoms with Crippen LogP contribution >= 0.6 is 0 Å². The lowest BCUT2D eigenvalue weighted by atomic mass is 10.1. The fourth-order valence-electron chi connectivity index (χ4n) is 2.40. The van der Waals surface area contributed by atoms with Crippen LogP contribution in [0.25, 0.3) is 0 Å². The summed E-state index contributed by atoms with van der Waals surface area (Å²) < 4.78 is 4.76. The van der Waals surface area contributed by atoms with Crippen molar-refractivity contribution in [2.75, 3.05) is 20.2 Å². The molecule has 0 heterocycles. The Balaban J connectivity index is 2.01. The van der Waals surface area contributed by atoms with E-state index < -0.39 is 5.97 Å². The molecule has 0 amide bonds. The Hall–Kier alpha value is -2.66. The maximum atomic E-state index is 11.6. The minimum absolute atomic E-state index is 0.198. The molecule has 0 saturated heterocycles. The van der Waals surface area contributed by atoms with Crippen molar-refractivity contribution >= 4 is 11.9 Å². The van der Waals surface area contributed by atoms with E-state index in [4.69, 9.17) is 9.84 Å². The van der Waals surface area contributed by atoms with Crippen molar-refractivity contribution in [2.24, 2.45) is 0 Å². The number of ether oxygens (including phenoxy) is 1. The van der Waals surface area contributed by atoms with Crippen LogP contribution in [0.15, 0.2) is 54.6 Å². The number of nitrogens with zero attached hydrogens (tertiary/aromatic N) is 1. The van der Waals surface area contributed by atoms with Crippen molar-refractivity contribution in [1.82, 2.24) is 4.90 Å². The number of carbonyl (C=O) groups is 2. The first-order valence-electron chi connectivity index (χ1n) is 7.74. The van der Waals surface area contributed by atoms with Crippen LogP contribution < -0.4 is 0 Å². The molecule has 0 radical (unpaired) electrons. The van der Waals surface area contributed by atoms with Gasteiger partial charge in [0.2, 0.25) is 0 Å². The van der Waals surface area contributed by atoms with E-state index in [1.807, 2.05) is 23.1 Å². The normalized spacial score (nSPS) is 10.6. The van der Waals surface area contributed by atoms with Crippen LogP contribution in [0, 0.1) is 0 Å². The molecule has 0 atom stereocenters. The summed E-state index contributed by atoms with van der Waals surface area (Å²) in [4.78, 5) is 24.5. The highest BCUT2D eigenvalue weighted by atomic mass is 16.5. The van der Waals surface area contributed by atoms with Gasteiger partial charge in [0.1, 0.15) is 0 Å². The highest BCUT2D eigenvalue weighted by Crippen LogP contribution is 2.09. The van der Waals surface area contributed by atoms with Gasteiger partial charge in [0.05, 0.1) is 19.2 Å². The zero-order chi connectivity index (χ0) is 17.4. The van der Waals surface area contributed by atoms with E-state index in [0.29, 0.717) is 13.1 Å². The molecule has 126 valence electrons. The van der Waals surface area contributed by atoms with Crippen LogP contribution in [0.1, 0.15) is 21.5 Å². The van der Waals surface area contributed by atoms with Gasteiger partial charge in [-0.25, -0.2) is 4.79 Å². The van der Waals surface area contributed by atoms with Crippen LogP contribution in [0.4, 0.5) is 0 Å². The minimum Gasteiger partial charge on any atom is -0.478 e. The molecule has 0 aliphatic rings. The lowest BCUT2D eigenvalue weighted by molar-refractivity contribution is -0.142. The summed E-state index contributed by atoms with van der Waals surface area (Å²) in [6.07, 6.45) is 0.824. The summed E-state index contributed by atoms with van der Waals surface area (Å²) in [5.41, 5.74) is 2.41. The highest BCUT2D eigenvalue weighted by molar-refractivity contribution is 5.87. The lowest BCUT2D eigenvalue weighted by Gasteiger charge is -2.21. The second kappa shape index (κ2) is 8.84. The molecule has 2 aromatic rings. The predicted octanol–water partition coefficient (Wildman–Crippen LogP) is 2.60. The van der Waals surface area contributed by atoms with Gasteiger partial charge in [-0.05, 0) is 29.7 Å². The summed E-state index contributed by atoms with van der Waals surface area (Å²) in [5, 5.41) is 8.95. The monoisotopic (exact) mass is 327 g/mol. The fourth-order valence-corrected chi connectivity index (χ4v) is 2.40. The van der Waals surface area contributed by atoms with Gasteiger partial charge in [-0.1, -0.05) is 42.5 Å². The molecule has 24 heavy (non-hydrogen) atoms. The van der Waals surface area contributed by atoms with Crippen molar-refractivity contribution < 1.29 is 19.4 Å². The van der Waals surface area contributed by atoms with E-state index in [1.54, 1.807) is 24.3 Å². The number of hydrogen-bond donors (Lipinski definition) is 1. The number of benzene rings is 2. The number of rotatable bonds is 8. The zero-order valence-electron chi connectivity index (χ0n) is 13.6. The molecule has 0 bridgehead atoms. The first-order valence-corrected chi connectivity index (χ1v) is 7.74. The molecule has 0 fully saturated rings. The number of carbonyl (C=O) groups excluding carboxylic acids is 1. The van der Waals surface area contributed by atoms with Gasteiger partial charge in [0.25, 0.3) is 0 Å². The molecule has 2 aromatic carbocycles. The summed E-state index contributed by atoms with van der Waals surface area (Å²) in [5.74, 6) is -1.23. The number of esters is 1. The molecular formula is C19H21NO4. The van der Waals surface area contributed by atoms with E-state index >= 15 is 0 Å². The van der Waals surface area contributed by atoms with Crippen molar-refractivity contribution in [3.63, 3.8) is 0 Å². The second-order valence-corrected chi connectivity index (χ2v) is 5.52. The average molecular weight is 327 g/mol. The van der Waals surface area contributed by atoms with E-state index in [-0.39, 0.29) is 18.1 Å². The van der Waals surface area contributed by atoms with Gasteiger partial charge >= 0.3 is 11.9 Å². The maximum Gasteiger partial charge on any atom is 0.335 e. The topological polar surface area (TPSA) is 66.8 Å². The van der Waals surface area contributed by atoms with Gasteiger partial charge < -0.3 is 9.84 Å². The maximum absolute atomic E-state index is 11.6. The standard InChI is InChI=1S/C19H21NO4/c1-24-18(21)14-20(12-11-15-5-3-2-4-6-15)13-16-7-9-17(10-8-16)19(22)23/h2-10H,11-14H2,1H3,(H,22,23). The molecule has 5 nitrogen and oxygen atoms in total. The predicted molar refractivity (Wildman–Crippen MR) is 90.8 cm³/mol. The number of aromatic carboxylic acids is 1. The van der Waals surface area contributed by atoms with Gasteiger partial charge in [-0.15, -0.1) is 0 Å². The van der Waals surface area contributed by atoms with E-state index in [1.165, 1.54) is 12.7 Å². The molecule has 0 aromatic heterocycles. The molecule has 0 spiro atoms. The van der Waals surface area contributed by atoms with Gasteiger partial charge in [0, 0.05) is 13.1 Å². The van der Waals surface area contributed by atoms with Crippen LogP contribution in [0.3, 0.4) is 0 Å². The molecule has 2 rings (SSSR count). The zero-order valence-corrected chi connectivity index (χ0v) is 13.6. The minimum atomic E-state index is -0.947. The second-order valence-electron chi connectivity index (χ2n) is 5.52. The third-order valence-corrected chi connectivity index (χ3v) is 3.75. The molecule has 0 saturated carbocycles. The van der Waals surface area contributed by atoms with Gasteiger partial charge in [-0.3, -0.25) is 9.69 Å². The molecular weight excluding hydrogens is 306 g/mol. The third-order valence-electron chi connectivity index (χ3n) is 3.75. The smallest absolute Gasteiger partial charge is 0.335 e. The highest BCUT2D eigenvalue weighted by Gasteiger charge is 2.12. The Morgan fingerprint density at radius 3 is 2.25 bits per heavy atom. The molecule has 1 N–H and O–H groups in total. The van der Waals surface area contributed by atoms with Crippen molar-refractivity contribution in [1.29, 1.82) is 0 Å². The average Bonchev–Trinajstić information content (AvgIpc) is 2.61. The Labute approximate surface area is 141 Å². The summed E-state index contributed by atoms with van der Waals surface area (Å²) in [7, 11) is 1.37. The van der Waals surface area contributed by atoms with Crippen LogP contribution in [0.2, 0.25) is 0 Å². The Kier molecular flexibility index (Phi) is 6.51. The summed E-state index contributed by atoms with van der Waals surface area (Å²) >= 11 is 0. The third kappa shape index (κ3) is 5.52.